The number of hydrogen-bond donors (Lipinski definition) is 0. The topological polar surface area (TPSA) is 27.1 Å². The number of methoxy groups -OCH3 is 1. The van der Waals surface area contributed by atoms with Crippen molar-refractivity contribution in [1.82, 2.24) is 9.55 Å². The minimum atomic E-state index is 0.868. The number of benzene rings is 1. The fraction of sp³-hybridized carbons (Fsp3) is 0.308. The van der Waals surface area contributed by atoms with Crippen molar-refractivity contribution in [1.29, 1.82) is 0 Å². The van der Waals surface area contributed by atoms with Crippen molar-refractivity contribution in [2.75, 3.05) is 7.11 Å². The van der Waals surface area contributed by atoms with Crippen LogP contribution in [-0.2, 0) is 7.05 Å². The van der Waals surface area contributed by atoms with E-state index >= 15 is 0 Å². The summed E-state index contributed by atoms with van der Waals surface area (Å²) in [5.41, 5.74) is 4.65. The molecule has 17 heavy (non-hydrogen) atoms. The van der Waals surface area contributed by atoms with Crippen molar-refractivity contribution in [2.45, 2.75) is 13.8 Å². The van der Waals surface area contributed by atoms with Gasteiger partial charge in [0.05, 0.1) is 19.1 Å². The maximum Gasteiger partial charge on any atom is 0.132 e. The standard InChI is InChI=1S/C13H15BrN2O/c1-8-9(2)11(17-4)6-5-10(8)12-13(14)15-7-16(12)3/h5-7H,1-4H3. The van der Waals surface area contributed by atoms with Crippen LogP contribution in [-0.4, -0.2) is 16.7 Å². The molecule has 1 aromatic heterocycles. The number of rotatable bonds is 2. The predicted octanol–water partition coefficient (Wildman–Crippen LogP) is 3.48. The lowest BCUT2D eigenvalue weighted by Crippen LogP contribution is -1.96. The average molecular weight is 295 g/mol. The third-order valence-corrected chi connectivity index (χ3v) is 3.69. The minimum absolute atomic E-state index is 0.868. The van der Waals surface area contributed by atoms with Crippen LogP contribution in [0.4, 0.5) is 0 Å². The maximum atomic E-state index is 5.32. The Balaban J connectivity index is 2.66. The monoisotopic (exact) mass is 294 g/mol. The molecule has 0 aliphatic carbocycles. The van der Waals surface area contributed by atoms with Gasteiger partial charge in [-0.3, -0.25) is 0 Å². The fourth-order valence-corrected chi connectivity index (χ4v) is 2.56. The third kappa shape index (κ3) is 1.97. The number of aryl methyl sites for hydroxylation is 1. The van der Waals surface area contributed by atoms with E-state index in [9.17, 15) is 0 Å². The van der Waals surface area contributed by atoms with E-state index < -0.39 is 0 Å². The van der Waals surface area contributed by atoms with E-state index in [2.05, 4.69) is 40.8 Å². The molecule has 0 atom stereocenters. The first kappa shape index (κ1) is 12.2. The molecule has 0 saturated heterocycles. The Morgan fingerprint density at radius 3 is 2.47 bits per heavy atom. The summed E-state index contributed by atoms with van der Waals surface area (Å²) in [6.45, 7) is 4.18. The number of hydrogen-bond acceptors (Lipinski definition) is 2. The number of ether oxygens (including phenoxy) is 1. The molecular weight excluding hydrogens is 280 g/mol. The van der Waals surface area contributed by atoms with E-state index in [-0.39, 0.29) is 0 Å². The molecule has 0 radical (unpaired) electrons. The summed E-state index contributed by atoms with van der Waals surface area (Å²) in [7, 11) is 3.69. The summed E-state index contributed by atoms with van der Waals surface area (Å²) in [5.74, 6) is 0.921. The largest absolute Gasteiger partial charge is 0.496 e. The SMILES string of the molecule is COc1ccc(-c2c(Br)ncn2C)c(C)c1C. The summed E-state index contributed by atoms with van der Waals surface area (Å²) in [4.78, 5) is 4.25. The number of imidazole rings is 1. The molecule has 2 aromatic rings. The Morgan fingerprint density at radius 2 is 1.94 bits per heavy atom. The predicted molar refractivity (Wildman–Crippen MR) is 72.4 cm³/mol. The van der Waals surface area contributed by atoms with Gasteiger partial charge >= 0.3 is 0 Å². The first-order valence-electron chi connectivity index (χ1n) is 5.37. The van der Waals surface area contributed by atoms with Gasteiger partial charge in [0.2, 0.25) is 0 Å². The first-order valence-corrected chi connectivity index (χ1v) is 6.17. The molecule has 0 spiro atoms. The zero-order chi connectivity index (χ0) is 12.6. The lowest BCUT2D eigenvalue weighted by atomic mass is 10.0. The second-order valence-corrected chi connectivity index (χ2v) is 4.81. The molecule has 0 bridgehead atoms. The number of aromatic nitrogens is 2. The molecule has 3 nitrogen and oxygen atoms in total. The molecule has 1 heterocycles. The first-order chi connectivity index (χ1) is 8.06. The summed E-state index contributed by atoms with van der Waals surface area (Å²) in [5, 5.41) is 0. The van der Waals surface area contributed by atoms with Crippen molar-refractivity contribution >= 4 is 15.9 Å². The molecule has 0 fully saturated rings. The van der Waals surface area contributed by atoms with E-state index in [0.717, 1.165) is 21.6 Å². The van der Waals surface area contributed by atoms with Crippen molar-refractivity contribution in [2.24, 2.45) is 7.05 Å². The van der Waals surface area contributed by atoms with Gasteiger partial charge in [-0.25, -0.2) is 4.98 Å². The Bertz CT molecular complexity index is 541. The molecule has 4 heteroatoms. The normalized spacial score (nSPS) is 10.6. The van der Waals surface area contributed by atoms with Gasteiger partial charge in [0.25, 0.3) is 0 Å². The lowest BCUT2D eigenvalue weighted by Gasteiger charge is -2.13. The van der Waals surface area contributed by atoms with Crippen molar-refractivity contribution in [3.05, 3.63) is 34.2 Å². The van der Waals surface area contributed by atoms with Crippen LogP contribution in [0.25, 0.3) is 11.3 Å². The van der Waals surface area contributed by atoms with Crippen molar-refractivity contribution < 1.29 is 4.74 Å². The third-order valence-electron chi connectivity index (χ3n) is 3.10. The van der Waals surface area contributed by atoms with Crippen molar-refractivity contribution in [3.63, 3.8) is 0 Å². The Morgan fingerprint density at radius 1 is 1.24 bits per heavy atom. The van der Waals surface area contributed by atoms with E-state index in [1.54, 1.807) is 13.4 Å². The van der Waals surface area contributed by atoms with Crippen LogP contribution in [0.5, 0.6) is 5.75 Å². The van der Waals surface area contributed by atoms with E-state index in [4.69, 9.17) is 4.74 Å². The van der Waals surface area contributed by atoms with Crippen LogP contribution >= 0.6 is 15.9 Å². The van der Waals surface area contributed by atoms with Crippen LogP contribution in [0.15, 0.2) is 23.1 Å². The zero-order valence-corrected chi connectivity index (χ0v) is 12.0. The Kier molecular flexibility index (Phi) is 3.24. The lowest BCUT2D eigenvalue weighted by molar-refractivity contribution is 0.411. The molecule has 0 aliphatic heterocycles. The van der Waals surface area contributed by atoms with Crippen LogP contribution in [0.3, 0.4) is 0 Å². The second-order valence-electron chi connectivity index (χ2n) is 4.06. The van der Waals surface area contributed by atoms with Crippen molar-refractivity contribution in [3.8, 4) is 17.0 Å². The van der Waals surface area contributed by atoms with Gasteiger partial charge in [0.15, 0.2) is 0 Å². The Labute approximate surface area is 110 Å². The van der Waals surface area contributed by atoms with Crippen LogP contribution in [0.1, 0.15) is 11.1 Å². The number of halogens is 1. The van der Waals surface area contributed by atoms with Gasteiger partial charge in [-0.2, -0.15) is 0 Å². The van der Waals surface area contributed by atoms with Gasteiger partial charge in [-0.1, -0.05) is 0 Å². The Hall–Kier alpha value is -1.29. The van der Waals surface area contributed by atoms with E-state index in [1.807, 2.05) is 17.7 Å². The summed E-state index contributed by atoms with van der Waals surface area (Å²) < 4.78 is 8.20. The average Bonchev–Trinajstić information content (AvgIpc) is 2.63. The minimum Gasteiger partial charge on any atom is -0.496 e. The van der Waals surface area contributed by atoms with Crippen LogP contribution in [0.2, 0.25) is 0 Å². The summed E-state index contributed by atoms with van der Waals surface area (Å²) in [6.07, 6.45) is 1.80. The highest BCUT2D eigenvalue weighted by Gasteiger charge is 2.14. The quantitative estimate of drug-likeness (QED) is 0.848. The summed E-state index contributed by atoms with van der Waals surface area (Å²) in [6, 6.07) is 4.07. The highest BCUT2D eigenvalue weighted by atomic mass is 79.9. The molecule has 0 unspecified atom stereocenters. The molecule has 90 valence electrons. The van der Waals surface area contributed by atoms with Gasteiger partial charge in [0.1, 0.15) is 10.4 Å². The molecule has 0 N–H and O–H groups in total. The van der Waals surface area contributed by atoms with Crippen LogP contribution in [0, 0.1) is 13.8 Å². The summed E-state index contributed by atoms with van der Waals surface area (Å²) >= 11 is 3.48. The van der Waals surface area contributed by atoms with E-state index in [1.165, 1.54) is 11.1 Å². The second kappa shape index (κ2) is 4.53. The maximum absolute atomic E-state index is 5.32. The molecule has 2 rings (SSSR count). The molecule has 0 aliphatic rings. The molecular formula is C13H15BrN2O. The molecule has 1 aromatic carbocycles. The molecule has 0 amide bonds. The van der Waals surface area contributed by atoms with Gasteiger partial charge in [-0.05, 0) is 53.0 Å². The highest BCUT2D eigenvalue weighted by molar-refractivity contribution is 9.10. The van der Waals surface area contributed by atoms with Crippen LogP contribution < -0.4 is 4.74 Å². The highest BCUT2D eigenvalue weighted by Crippen LogP contribution is 2.34. The number of nitrogens with zero attached hydrogens (tertiary/aromatic N) is 2. The van der Waals surface area contributed by atoms with E-state index in [0.29, 0.717) is 0 Å². The van der Waals surface area contributed by atoms with Gasteiger partial charge in [0, 0.05) is 12.6 Å². The molecule has 0 saturated carbocycles. The van der Waals surface area contributed by atoms with Gasteiger partial charge < -0.3 is 9.30 Å². The van der Waals surface area contributed by atoms with Gasteiger partial charge in [-0.15, -0.1) is 0 Å². The zero-order valence-electron chi connectivity index (χ0n) is 10.4. The fourth-order valence-electron chi connectivity index (χ4n) is 1.98. The smallest absolute Gasteiger partial charge is 0.132 e.